The molecule has 0 aromatic rings. The van der Waals surface area contributed by atoms with Gasteiger partial charge in [-0.3, -0.25) is 14.1 Å². The van der Waals surface area contributed by atoms with Gasteiger partial charge in [-0.25, -0.2) is 4.57 Å². The fraction of sp³-hybridized carbons (Fsp3) is 0.878. The Morgan fingerprint density at radius 1 is 0.448 bits per heavy atom. The van der Waals surface area contributed by atoms with Crippen molar-refractivity contribution in [3.8, 4) is 0 Å². The molecule has 0 saturated carbocycles. The van der Waals surface area contributed by atoms with Gasteiger partial charge >= 0.3 is 19.8 Å². The predicted molar refractivity (Wildman–Crippen MR) is 244 cm³/mol. The summed E-state index contributed by atoms with van der Waals surface area (Å²) in [6, 6.07) is 0. The molecule has 0 fully saturated rings. The van der Waals surface area contributed by atoms with Gasteiger partial charge in [0, 0.05) is 12.8 Å². The summed E-state index contributed by atoms with van der Waals surface area (Å²) in [6.45, 7) is 3.70. The number of esters is 2. The minimum Gasteiger partial charge on any atom is -0.462 e. The third-order valence-electron chi connectivity index (χ3n) is 11.0. The zero-order chi connectivity index (χ0) is 42.5. The van der Waals surface area contributed by atoms with Crippen LogP contribution in [0.1, 0.15) is 258 Å². The van der Waals surface area contributed by atoms with Crippen LogP contribution < -0.4 is 0 Å². The zero-order valence-corrected chi connectivity index (χ0v) is 38.9. The number of rotatable bonds is 46. The van der Waals surface area contributed by atoms with E-state index >= 15 is 0 Å². The number of phosphoric acid groups is 1. The molecule has 0 bridgehead atoms. The van der Waals surface area contributed by atoms with E-state index in [1.807, 2.05) is 0 Å². The molecule has 0 unspecified atom stereocenters. The number of unbranched alkanes of at least 4 members (excludes halogenated alkanes) is 32. The van der Waals surface area contributed by atoms with Crippen LogP contribution in [0.5, 0.6) is 0 Å². The van der Waals surface area contributed by atoms with Crippen LogP contribution in [-0.2, 0) is 28.2 Å². The van der Waals surface area contributed by atoms with E-state index in [1.54, 1.807) is 0 Å². The maximum Gasteiger partial charge on any atom is 0.469 e. The first-order valence-electron chi connectivity index (χ1n) is 24.6. The molecule has 2 N–H and O–H groups in total. The molecule has 0 rings (SSSR count). The standard InChI is InChI=1S/C49H93O8P/c1-3-5-7-9-11-13-15-17-19-21-23-24-26-28-30-32-34-36-38-40-42-44-49(51)57-47(46-56-58(52,53)54)45-55-48(50)43-41-39-37-35-33-31-29-27-25-22-20-18-16-14-12-10-8-6-4-2/h12,14,18,20,47H,3-11,13,15-17,19,21-46H2,1-2H3,(H2,52,53,54)/b14-12-,20-18-/t47-/m1/s1. The number of ether oxygens (including phenoxy) is 2. The highest BCUT2D eigenvalue weighted by Gasteiger charge is 2.23. The molecule has 342 valence electrons. The van der Waals surface area contributed by atoms with Crippen LogP contribution in [0.3, 0.4) is 0 Å². The molecule has 58 heavy (non-hydrogen) atoms. The number of allylic oxidation sites excluding steroid dienone is 4. The maximum absolute atomic E-state index is 12.5. The molecule has 9 heteroatoms. The molecule has 0 aromatic heterocycles. The van der Waals surface area contributed by atoms with Crippen molar-refractivity contribution >= 4 is 19.8 Å². The minimum atomic E-state index is -4.76. The van der Waals surface area contributed by atoms with Gasteiger partial charge in [0.15, 0.2) is 6.10 Å². The SMILES string of the molecule is CCCCC/C=C\C/C=C\CCCCCCCCCCCC(=O)OC[C@H](COP(=O)(O)O)OC(=O)CCCCCCCCCCCCCCCCCCCCCCC. The summed E-state index contributed by atoms with van der Waals surface area (Å²) in [4.78, 5) is 43.1. The molecule has 0 heterocycles. The van der Waals surface area contributed by atoms with Gasteiger partial charge in [0.1, 0.15) is 6.61 Å². The Bertz CT molecular complexity index is 993. The van der Waals surface area contributed by atoms with E-state index in [0.29, 0.717) is 6.42 Å². The minimum absolute atomic E-state index is 0.216. The van der Waals surface area contributed by atoms with Crippen molar-refractivity contribution in [1.82, 2.24) is 0 Å². The third-order valence-corrected chi connectivity index (χ3v) is 11.5. The van der Waals surface area contributed by atoms with Crippen molar-refractivity contribution < 1.29 is 37.9 Å². The Hall–Kier alpha value is -1.47. The Labute approximate surface area is 358 Å². The Kier molecular flexibility index (Phi) is 43.9. The Morgan fingerprint density at radius 2 is 0.776 bits per heavy atom. The van der Waals surface area contributed by atoms with E-state index in [0.717, 1.165) is 44.9 Å². The predicted octanol–water partition coefficient (Wildman–Crippen LogP) is 15.5. The number of carbonyl (C=O) groups excluding carboxylic acids is 2. The van der Waals surface area contributed by atoms with Crippen LogP contribution in [0.25, 0.3) is 0 Å². The van der Waals surface area contributed by atoms with Crippen LogP contribution in [0.4, 0.5) is 0 Å². The summed E-state index contributed by atoms with van der Waals surface area (Å²) in [6.07, 6.45) is 53.3. The van der Waals surface area contributed by atoms with Crippen LogP contribution in [0.15, 0.2) is 24.3 Å². The van der Waals surface area contributed by atoms with Gasteiger partial charge in [0.2, 0.25) is 0 Å². The quantitative estimate of drug-likeness (QED) is 0.0269. The topological polar surface area (TPSA) is 119 Å². The molecular formula is C49H93O8P. The van der Waals surface area contributed by atoms with Crippen molar-refractivity contribution in [2.24, 2.45) is 0 Å². The molecule has 0 amide bonds. The molecule has 0 aromatic carbocycles. The molecular weight excluding hydrogens is 748 g/mol. The summed E-state index contributed by atoms with van der Waals surface area (Å²) in [7, 11) is -4.76. The summed E-state index contributed by atoms with van der Waals surface area (Å²) >= 11 is 0. The number of carbonyl (C=O) groups is 2. The molecule has 0 radical (unpaired) electrons. The van der Waals surface area contributed by atoms with Gasteiger partial charge in [0.25, 0.3) is 0 Å². The molecule has 0 aliphatic heterocycles. The van der Waals surface area contributed by atoms with Crippen molar-refractivity contribution in [2.45, 2.75) is 264 Å². The van der Waals surface area contributed by atoms with Crippen LogP contribution in [0.2, 0.25) is 0 Å². The third kappa shape index (κ3) is 47.2. The lowest BCUT2D eigenvalue weighted by Crippen LogP contribution is -2.29. The molecule has 1 atom stereocenters. The van der Waals surface area contributed by atoms with Crippen molar-refractivity contribution in [1.29, 1.82) is 0 Å². The number of hydrogen-bond donors (Lipinski definition) is 2. The van der Waals surface area contributed by atoms with Gasteiger partial charge in [0.05, 0.1) is 6.61 Å². The van der Waals surface area contributed by atoms with Crippen molar-refractivity contribution in [3.05, 3.63) is 24.3 Å². The largest absolute Gasteiger partial charge is 0.469 e. The van der Waals surface area contributed by atoms with E-state index in [9.17, 15) is 14.2 Å². The summed E-state index contributed by atoms with van der Waals surface area (Å²) in [5, 5.41) is 0. The van der Waals surface area contributed by atoms with E-state index in [1.165, 1.54) is 180 Å². The molecule has 0 aliphatic rings. The summed E-state index contributed by atoms with van der Waals surface area (Å²) < 4.78 is 26.5. The van der Waals surface area contributed by atoms with Gasteiger partial charge in [-0.15, -0.1) is 0 Å². The second-order valence-electron chi connectivity index (χ2n) is 16.8. The lowest BCUT2D eigenvalue weighted by atomic mass is 10.0. The highest BCUT2D eigenvalue weighted by Crippen LogP contribution is 2.36. The number of hydrogen-bond acceptors (Lipinski definition) is 6. The molecule has 8 nitrogen and oxygen atoms in total. The van der Waals surface area contributed by atoms with Crippen LogP contribution in [0, 0.1) is 0 Å². The Morgan fingerprint density at radius 3 is 1.17 bits per heavy atom. The first-order chi connectivity index (χ1) is 28.3. The van der Waals surface area contributed by atoms with Crippen LogP contribution >= 0.6 is 7.82 Å². The molecule has 0 aliphatic carbocycles. The van der Waals surface area contributed by atoms with E-state index in [4.69, 9.17) is 19.3 Å². The van der Waals surface area contributed by atoms with Gasteiger partial charge in [-0.05, 0) is 44.9 Å². The van der Waals surface area contributed by atoms with Gasteiger partial charge in [-0.2, -0.15) is 0 Å². The second kappa shape index (κ2) is 45.1. The fourth-order valence-corrected chi connectivity index (χ4v) is 7.65. The summed E-state index contributed by atoms with van der Waals surface area (Å²) in [5.41, 5.74) is 0. The highest BCUT2D eigenvalue weighted by atomic mass is 31.2. The van der Waals surface area contributed by atoms with Crippen LogP contribution in [-0.4, -0.2) is 41.0 Å². The average molecular weight is 841 g/mol. The van der Waals surface area contributed by atoms with Gasteiger partial charge < -0.3 is 19.3 Å². The lowest BCUT2D eigenvalue weighted by molar-refractivity contribution is -0.161. The fourth-order valence-electron chi connectivity index (χ4n) is 7.29. The normalized spacial score (nSPS) is 12.6. The lowest BCUT2D eigenvalue weighted by Gasteiger charge is -2.18. The number of phosphoric ester groups is 1. The van der Waals surface area contributed by atoms with Crippen molar-refractivity contribution in [3.63, 3.8) is 0 Å². The van der Waals surface area contributed by atoms with Crippen molar-refractivity contribution in [2.75, 3.05) is 13.2 Å². The first-order valence-corrected chi connectivity index (χ1v) is 26.2. The van der Waals surface area contributed by atoms with E-state index < -0.39 is 32.5 Å². The molecule has 0 saturated heterocycles. The summed E-state index contributed by atoms with van der Waals surface area (Å²) in [5.74, 6) is -0.875. The maximum atomic E-state index is 12.5. The van der Waals surface area contributed by atoms with E-state index in [-0.39, 0.29) is 19.4 Å². The first kappa shape index (κ1) is 56.5. The zero-order valence-electron chi connectivity index (χ0n) is 38.0. The Balaban J connectivity index is 3.81. The van der Waals surface area contributed by atoms with Gasteiger partial charge in [-0.1, -0.05) is 224 Å². The smallest absolute Gasteiger partial charge is 0.462 e. The highest BCUT2D eigenvalue weighted by molar-refractivity contribution is 7.46. The average Bonchev–Trinajstić information content (AvgIpc) is 3.20. The monoisotopic (exact) mass is 841 g/mol. The van der Waals surface area contributed by atoms with E-state index in [2.05, 4.69) is 42.7 Å². The second-order valence-corrected chi connectivity index (χ2v) is 18.0. The molecule has 0 spiro atoms.